The van der Waals surface area contributed by atoms with Gasteiger partial charge in [0.15, 0.2) is 0 Å². The van der Waals surface area contributed by atoms with Crippen molar-refractivity contribution < 1.29 is 62.6 Å². The van der Waals surface area contributed by atoms with Crippen molar-refractivity contribution in [3.63, 3.8) is 0 Å². The highest BCUT2D eigenvalue weighted by atomic mass is 35.7. The lowest BCUT2D eigenvalue weighted by molar-refractivity contribution is -1.92. The molecule has 2 fully saturated rings. The van der Waals surface area contributed by atoms with Gasteiger partial charge in [0, 0.05) is 55.9 Å². The molecule has 0 saturated carbocycles. The zero-order valence-corrected chi connectivity index (χ0v) is 20.6. The van der Waals surface area contributed by atoms with Gasteiger partial charge in [0.25, 0.3) is 5.91 Å². The maximum Gasteiger partial charge on any atom is 0.253 e. The molecule has 35 heavy (non-hydrogen) atoms. The van der Waals surface area contributed by atoms with Crippen LogP contribution in [0.4, 0.5) is 0 Å². The van der Waals surface area contributed by atoms with Crippen molar-refractivity contribution in [1.29, 1.82) is 0 Å². The number of hydrogen-bond donors (Lipinski definition) is 2. The summed E-state index contributed by atoms with van der Waals surface area (Å²) < 4.78 is 67.4. The van der Waals surface area contributed by atoms with Crippen molar-refractivity contribution in [3.05, 3.63) is 48.5 Å². The Balaban J connectivity index is 0.000000368. The molecule has 1 amide bonds. The van der Waals surface area contributed by atoms with Gasteiger partial charge in [-0.3, -0.25) is 4.79 Å². The summed E-state index contributed by atoms with van der Waals surface area (Å²) in [7, 11) is -9.39. The van der Waals surface area contributed by atoms with Crippen molar-refractivity contribution in [2.45, 2.75) is 26.3 Å². The summed E-state index contributed by atoms with van der Waals surface area (Å²) in [5.41, 5.74) is 1.81. The summed E-state index contributed by atoms with van der Waals surface area (Å²) in [6.45, 7) is 8.57. The molecule has 2 saturated heterocycles. The monoisotopic (exact) mass is 538 g/mol. The van der Waals surface area contributed by atoms with Crippen LogP contribution in [0.15, 0.2) is 43.0 Å². The molecule has 0 unspecified atom stereocenters. The topological polar surface area (TPSA) is 220 Å². The van der Waals surface area contributed by atoms with Gasteiger partial charge in [0.2, 0.25) is 0 Å². The fourth-order valence-corrected chi connectivity index (χ4v) is 4.28. The Labute approximate surface area is 206 Å². The number of amides is 1. The average molecular weight is 539 g/mol. The van der Waals surface area contributed by atoms with Crippen LogP contribution < -0.4 is 28.0 Å². The normalized spacial score (nSPS) is 20.5. The standard InChI is InChI=1S/C20H26N4O.2ClHO4/c1-15(2)23-10-16-9-17(11-23)13-24(12-16)20(25)18-3-5-19(6-4-18)22-8-7-21-14-22;2*2-1(3,4)5/h3-8,14-17H,9-13H2,1-2H3;2*(H,2,3,4,5)/t16-,17+;;. The molecule has 196 valence electrons. The van der Waals surface area contributed by atoms with E-state index in [1.807, 2.05) is 35.0 Å². The molecule has 0 radical (unpaired) electrons. The number of hydrogen-bond acceptors (Lipinski definition) is 11. The molecule has 2 atom stereocenters. The first kappa shape index (κ1) is 29.4. The number of nitrogens with zero attached hydrogens (tertiary/aromatic N) is 4. The van der Waals surface area contributed by atoms with Crippen LogP contribution in [0.2, 0.25) is 0 Å². The molecule has 3 heterocycles. The summed E-state index contributed by atoms with van der Waals surface area (Å²) in [6, 6.07) is 8.44. The van der Waals surface area contributed by atoms with Crippen LogP contribution in [0, 0.1) is 32.3 Å². The van der Waals surface area contributed by atoms with E-state index in [0.717, 1.165) is 37.4 Å². The number of fused-ring (bicyclic) bond motifs is 2. The van der Waals surface area contributed by atoms with E-state index in [-0.39, 0.29) is 5.91 Å². The van der Waals surface area contributed by atoms with Crippen molar-refractivity contribution in [2.24, 2.45) is 11.8 Å². The second-order valence-corrected chi connectivity index (χ2v) is 10.1. The number of piperidine rings is 2. The second kappa shape index (κ2) is 12.4. The van der Waals surface area contributed by atoms with Gasteiger partial charge >= 0.3 is 0 Å². The van der Waals surface area contributed by atoms with Gasteiger partial charge in [-0.05, 0) is 56.4 Å². The lowest BCUT2D eigenvalue weighted by Gasteiger charge is -2.47. The number of carbonyl (C=O) groups excluding carboxylic acids is 1. The van der Waals surface area contributed by atoms with E-state index in [9.17, 15) is 4.79 Å². The predicted molar refractivity (Wildman–Crippen MR) is 102 cm³/mol. The Morgan fingerprint density at radius 1 is 0.943 bits per heavy atom. The highest BCUT2D eigenvalue weighted by Gasteiger charge is 2.36. The van der Waals surface area contributed by atoms with Gasteiger partial charge < -0.3 is 14.4 Å². The number of likely N-dealkylation sites (tertiary alicyclic amines) is 2. The van der Waals surface area contributed by atoms with E-state index in [4.69, 9.17) is 37.3 Å². The van der Waals surface area contributed by atoms with Gasteiger partial charge in [-0.15, -0.1) is 0 Å². The van der Waals surface area contributed by atoms with Crippen molar-refractivity contribution in [2.75, 3.05) is 26.2 Å². The lowest BCUT2D eigenvalue weighted by Crippen LogP contribution is -2.58. The van der Waals surface area contributed by atoms with Gasteiger partial charge in [-0.1, -0.05) is 0 Å². The number of halogens is 2. The molecule has 4 rings (SSSR count). The van der Waals surface area contributed by atoms with Crippen LogP contribution in [-0.4, -0.2) is 66.8 Å². The van der Waals surface area contributed by atoms with Crippen LogP contribution >= 0.6 is 0 Å². The fraction of sp³-hybridized carbons (Fsp3) is 0.500. The minimum Gasteiger partial charge on any atom is -0.338 e. The molecule has 2 aromatic rings. The first-order valence-electron chi connectivity index (χ1n) is 10.5. The van der Waals surface area contributed by atoms with E-state index in [2.05, 4.69) is 28.6 Å². The molecule has 1 aromatic carbocycles. The summed E-state index contributed by atoms with van der Waals surface area (Å²) in [6.07, 6.45) is 6.70. The van der Waals surface area contributed by atoms with E-state index in [0.29, 0.717) is 17.9 Å². The van der Waals surface area contributed by atoms with Crippen molar-refractivity contribution in [3.8, 4) is 5.69 Å². The van der Waals surface area contributed by atoms with E-state index in [1.54, 1.807) is 12.5 Å². The molecule has 2 bridgehead atoms. The molecular formula is C20H28Cl2N4O9. The molecule has 0 spiro atoms. The molecule has 2 N–H and O–H groups in total. The Kier molecular flexibility index (Phi) is 10.4. The van der Waals surface area contributed by atoms with Gasteiger partial charge in [0.05, 0.1) is 36.1 Å². The smallest absolute Gasteiger partial charge is 0.253 e. The molecule has 1 aromatic heterocycles. The Bertz CT molecular complexity index is 880. The lowest BCUT2D eigenvalue weighted by atomic mass is 9.84. The van der Waals surface area contributed by atoms with E-state index < -0.39 is 20.5 Å². The Morgan fingerprint density at radius 3 is 1.83 bits per heavy atom. The molecule has 13 nitrogen and oxygen atoms in total. The maximum atomic E-state index is 12.9. The van der Waals surface area contributed by atoms with Crippen LogP contribution in [0.25, 0.3) is 5.69 Å². The Morgan fingerprint density at radius 2 is 1.43 bits per heavy atom. The summed E-state index contributed by atoms with van der Waals surface area (Å²) in [5.74, 6) is 1.40. The van der Waals surface area contributed by atoms with E-state index in [1.165, 1.54) is 6.42 Å². The zero-order valence-electron chi connectivity index (χ0n) is 19.1. The largest absolute Gasteiger partial charge is 0.338 e. The highest BCUT2D eigenvalue weighted by molar-refractivity contribution is 5.94. The SMILES string of the molecule is CC(C)N1C[C@@H]2C[C@@H](CN(C(=O)c3ccc(-n4ccnc4)cc3)C2)C1.[O-][Cl+3]([O-])([O-])O.[O-][Cl+3]([O-])([O-])O. The fourth-order valence-electron chi connectivity index (χ4n) is 4.28. The minimum atomic E-state index is -4.69. The third kappa shape index (κ3) is 11.2. The third-order valence-electron chi connectivity index (χ3n) is 5.54. The number of rotatable bonds is 3. The second-order valence-electron chi connectivity index (χ2n) is 8.53. The quantitative estimate of drug-likeness (QED) is 0.374. The van der Waals surface area contributed by atoms with Crippen molar-refractivity contribution >= 4 is 5.91 Å². The van der Waals surface area contributed by atoms with Crippen molar-refractivity contribution in [1.82, 2.24) is 19.4 Å². The molecule has 2 aliphatic rings. The number of imidazole rings is 1. The number of aromatic nitrogens is 2. The first-order chi connectivity index (χ1) is 16.1. The molecule has 2 aliphatic heterocycles. The third-order valence-corrected chi connectivity index (χ3v) is 5.54. The first-order valence-corrected chi connectivity index (χ1v) is 13.0. The molecular weight excluding hydrogens is 511 g/mol. The summed E-state index contributed by atoms with van der Waals surface area (Å²) in [5, 5.41) is 0. The summed E-state index contributed by atoms with van der Waals surface area (Å²) in [4.78, 5) is 21.6. The summed E-state index contributed by atoms with van der Waals surface area (Å²) >= 11 is 0. The Hall–Kier alpha value is -1.88. The van der Waals surface area contributed by atoms with Gasteiger partial charge in [-0.25, -0.2) is 4.98 Å². The maximum absolute atomic E-state index is 12.9. The van der Waals surface area contributed by atoms with Gasteiger partial charge in [0.1, 0.15) is 0 Å². The zero-order chi connectivity index (χ0) is 26.4. The van der Waals surface area contributed by atoms with Gasteiger partial charge in [-0.2, -0.15) is 28.0 Å². The van der Waals surface area contributed by atoms with E-state index >= 15 is 0 Å². The number of carbonyl (C=O) groups is 1. The van der Waals surface area contributed by atoms with Crippen LogP contribution in [0.1, 0.15) is 30.6 Å². The van der Waals surface area contributed by atoms with Crippen LogP contribution in [-0.2, 0) is 0 Å². The number of benzene rings is 1. The van der Waals surface area contributed by atoms with Crippen LogP contribution in [0.3, 0.4) is 0 Å². The predicted octanol–water partition coefficient (Wildman–Crippen LogP) is -5.57. The minimum absolute atomic E-state index is 0.171. The van der Waals surface area contributed by atoms with Crippen LogP contribution in [0.5, 0.6) is 0 Å². The molecule has 15 heteroatoms. The average Bonchev–Trinajstić information content (AvgIpc) is 3.25. The molecule has 0 aliphatic carbocycles. The highest BCUT2D eigenvalue weighted by Crippen LogP contribution is 2.30.